The Labute approximate surface area is 138 Å². The van der Waals surface area contributed by atoms with Crippen LogP contribution in [-0.4, -0.2) is 49.8 Å². The average molecular weight is 349 g/mol. The third-order valence-electron chi connectivity index (χ3n) is 3.34. The second-order valence-corrected chi connectivity index (χ2v) is 5.53. The molecule has 8 heteroatoms. The summed E-state index contributed by atoms with van der Waals surface area (Å²) in [6.45, 7) is 2.52. The van der Waals surface area contributed by atoms with Crippen LogP contribution in [0.3, 0.4) is 0 Å². The number of rotatable bonds is 6. The third-order valence-corrected chi connectivity index (χ3v) is 3.64. The molecule has 1 aromatic rings. The van der Waals surface area contributed by atoms with Crippen LogP contribution in [-0.2, 0) is 4.74 Å². The third kappa shape index (κ3) is 4.94. The van der Waals surface area contributed by atoms with E-state index in [0.717, 1.165) is 4.90 Å². The molecule has 0 atom stereocenters. The molecule has 0 saturated carbocycles. The highest BCUT2D eigenvalue weighted by atomic mass is 35.5. The quantitative estimate of drug-likeness (QED) is 0.799. The Kier molecular flexibility index (Phi) is 6.01. The van der Waals surface area contributed by atoms with Crippen molar-refractivity contribution in [2.75, 3.05) is 38.2 Å². The van der Waals surface area contributed by atoms with Gasteiger partial charge in [-0.1, -0.05) is 17.7 Å². The van der Waals surface area contributed by atoms with Gasteiger partial charge in [-0.3, -0.25) is 0 Å². The lowest BCUT2D eigenvalue weighted by molar-refractivity contribution is 0.0159. The fourth-order valence-electron chi connectivity index (χ4n) is 2.20. The molecule has 1 heterocycles. The molecule has 1 fully saturated rings. The first kappa shape index (κ1) is 17.7. The summed E-state index contributed by atoms with van der Waals surface area (Å²) in [6, 6.07) is 4.27. The molecule has 1 N–H and O–H groups in total. The number of amides is 2. The first-order chi connectivity index (χ1) is 10.9. The fraction of sp³-hybridized carbons (Fsp3) is 0.533. The van der Waals surface area contributed by atoms with E-state index in [4.69, 9.17) is 21.1 Å². The van der Waals surface area contributed by atoms with Gasteiger partial charge in [-0.25, -0.2) is 13.6 Å². The van der Waals surface area contributed by atoms with Gasteiger partial charge in [-0.2, -0.15) is 0 Å². The average Bonchev–Trinajstić information content (AvgIpc) is 2.86. The van der Waals surface area contributed by atoms with Crippen LogP contribution in [0.25, 0.3) is 0 Å². The van der Waals surface area contributed by atoms with Gasteiger partial charge < -0.3 is 19.7 Å². The van der Waals surface area contributed by atoms with Crippen LogP contribution >= 0.6 is 11.6 Å². The maximum absolute atomic E-state index is 13.2. The summed E-state index contributed by atoms with van der Waals surface area (Å²) in [4.78, 5) is 13.2. The van der Waals surface area contributed by atoms with Crippen molar-refractivity contribution in [3.8, 4) is 5.75 Å². The zero-order valence-corrected chi connectivity index (χ0v) is 13.5. The molecule has 0 unspecified atom stereocenters. The number of hydrogen-bond donors (Lipinski definition) is 1. The SMILES string of the molecule is CCOCCOc1c(Cl)cccc1NC(=O)N1CCC(F)(F)C1. The predicted octanol–water partition coefficient (Wildman–Crippen LogP) is 3.63. The number of nitrogens with one attached hydrogen (secondary N) is 1. The monoisotopic (exact) mass is 348 g/mol. The Morgan fingerprint density at radius 3 is 2.87 bits per heavy atom. The van der Waals surface area contributed by atoms with Gasteiger partial charge >= 0.3 is 6.03 Å². The van der Waals surface area contributed by atoms with E-state index in [9.17, 15) is 13.6 Å². The van der Waals surface area contributed by atoms with E-state index in [1.54, 1.807) is 18.2 Å². The lowest BCUT2D eigenvalue weighted by atomic mass is 10.3. The summed E-state index contributed by atoms with van der Waals surface area (Å²) in [5, 5.41) is 2.90. The number of nitrogens with zero attached hydrogens (tertiary/aromatic N) is 1. The fourth-order valence-corrected chi connectivity index (χ4v) is 2.43. The van der Waals surface area contributed by atoms with Crippen LogP contribution in [0.5, 0.6) is 5.75 Å². The molecule has 1 saturated heterocycles. The zero-order chi connectivity index (χ0) is 16.9. The molecule has 1 aromatic carbocycles. The number of likely N-dealkylation sites (tertiary alicyclic amines) is 1. The Balaban J connectivity index is 2.01. The van der Waals surface area contributed by atoms with E-state index in [0.29, 0.717) is 29.7 Å². The molecule has 2 rings (SSSR count). The Morgan fingerprint density at radius 1 is 1.43 bits per heavy atom. The second-order valence-electron chi connectivity index (χ2n) is 5.12. The minimum Gasteiger partial charge on any atom is -0.487 e. The molecule has 0 spiro atoms. The lowest BCUT2D eigenvalue weighted by Crippen LogP contribution is -2.35. The highest BCUT2D eigenvalue weighted by Gasteiger charge is 2.40. The number of halogens is 3. The number of carbonyl (C=O) groups is 1. The van der Waals surface area contributed by atoms with E-state index in [1.807, 2.05) is 6.92 Å². The van der Waals surface area contributed by atoms with Crippen LogP contribution in [0.15, 0.2) is 18.2 Å². The molecule has 0 bridgehead atoms. The summed E-state index contributed by atoms with van der Waals surface area (Å²) >= 11 is 6.08. The van der Waals surface area contributed by atoms with Gasteiger partial charge in [-0.05, 0) is 19.1 Å². The van der Waals surface area contributed by atoms with Crippen LogP contribution in [0.2, 0.25) is 5.02 Å². The standard InChI is InChI=1S/C15H19ClF2N2O3/c1-2-22-8-9-23-13-11(16)4-3-5-12(13)19-14(21)20-7-6-15(17,18)10-20/h3-5H,2,6-10H2,1H3,(H,19,21). The number of para-hydroxylation sites is 1. The van der Waals surface area contributed by atoms with Gasteiger partial charge in [0.25, 0.3) is 5.92 Å². The summed E-state index contributed by atoms with van der Waals surface area (Å²) < 4.78 is 37.1. The highest BCUT2D eigenvalue weighted by Crippen LogP contribution is 2.34. The van der Waals surface area contributed by atoms with Crippen LogP contribution in [0, 0.1) is 0 Å². The van der Waals surface area contributed by atoms with Crippen LogP contribution < -0.4 is 10.1 Å². The van der Waals surface area contributed by atoms with Gasteiger partial charge in [0.05, 0.1) is 23.9 Å². The molecule has 128 valence electrons. The summed E-state index contributed by atoms with van der Waals surface area (Å²) in [5.74, 6) is -2.53. The number of alkyl halides is 2. The molecule has 0 radical (unpaired) electrons. The van der Waals surface area contributed by atoms with Crippen molar-refractivity contribution in [2.24, 2.45) is 0 Å². The normalized spacial score (nSPS) is 16.4. The molecule has 2 amide bonds. The summed E-state index contributed by atoms with van der Waals surface area (Å²) in [7, 11) is 0. The summed E-state index contributed by atoms with van der Waals surface area (Å²) in [5.41, 5.74) is 0.342. The molecule has 1 aliphatic rings. The molecule has 0 aliphatic carbocycles. The van der Waals surface area contributed by atoms with E-state index >= 15 is 0 Å². The molecule has 0 aromatic heterocycles. The van der Waals surface area contributed by atoms with Gasteiger partial charge in [-0.15, -0.1) is 0 Å². The first-order valence-electron chi connectivity index (χ1n) is 7.36. The predicted molar refractivity (Wildman–Crippen MR) is 83.6 cm³/mol. The van der Waals surface area contributed by atoms with Gasteiger partial charge in [0.2, 0.25) is 0 Å². The van der Waals surface area contributed by atoms with E-state index in [2.05, 4.69) is 5.32 Å². The number of ether oxygens (including phenoxy) is 2. The van der Waals surface area contributed by atoms with Gasteiger partial charge in [0.1, 0.15) is 6.61 Å². The van der Waals surface area contributed by atoms with Crippen LogP contribution in [0.1, 0.15) is 13.3 Å². The van der Waals surface area contributed by atoms with Crippen molar-refractivity contribution in [1.82, 2.24) is 4.90 Å². The number of anilines is 1. The molecular weight excluding hydrogens is 330 g/mol. The number of hydrogen-bond acceptors (Lipinski definition) is 3. The van der Waals surface area contributed by atoms with Crippen LogP contribution in [0.4, 0.5) is 19.3 Å². The highest BCUT2D eigenvalue weighted by molar-refractivity contribution is 6.32. The first-order valence-corrected chi connectivity index (χ1v) is 7.73. The van der Waals surface area contributed by atoms with Crippen molar-refractivity contribution in [2.45, 2.75) is 19.3 Å². The summed E-state index contributed by atoms with van der Waals surface area (Å²) in [6.07, 6.45) is -0.326. The van der Waals surface area contributed by atoms with E-state index in [-0.39, 0.29) is 19.6 Å². The maximum Gasteiger partial charge on any atom is 0.322 e. The number of benzene rings is 1. The molecule has 1 aliphatic heterocycles. The van der Waals surface area contributed by atoms with Gasteiger partial charge in [0, 0.05) is 19.6 Å². The zero-order valence-electron chi connectivity index (χ0n) is 12.8. The number of carbonyl (C=O) groups excluding carboxylic acids is 1. The molecular formula is C15H19ClF2N2O3. The van der Waals surface area contributed by atoms with Crippen molar-refractivity contribution < 1.29 is 23.0 Å². The smallest absolute Gasteiger partial charge is 0.322 e. The Morgan fingerprint density at radius 2 is 2.22 bits per heavy atom. The van der Waals surface area contributed by atoms with Crippen molar-refractivity contribution in [3.05, 3.63) is 23.2 Å². The molecule has 23 heavy (non-hydrogen) atoms. The van der Waals surface area contributed by atoms with Crippen molar-refractivity contribution >= 4 is 23.3 Å². The Hall–Kier alpha value is -1.60. The van der Waals surface area contributed by atoms with Crippen molar-refractivity contribution in [1.29, 1.82) is 0 Å². The second kappa shape index (κ2) is 7.79. The van der Waals surface area contributed by atoms with E-state index < -0.39 is 18.5 Å². The minimum absolute atomic E-state index is 0.0138. The molecule has 5 nitrogen and oxygen atoms in total. The number of urea groups is 1. The van der Waals surface area contributed by atoms with E-state index in [1.165, 1.54) is 0 Å². The lowest BCUT2D eigenvalue weighted by Gasteiger charge is -2.19. The topological polar surface area (TPSA) is 50.8 Å². The van der Waals surface area contributed by atoms with Gasteiger partial charge in [0.15, 0.2) is 5.75 Å². The minimum atomic E-state index is -2.83. The largest absolute Gasteiger partial charge is 0.487 e. The Bertz CT molecular complexity index is 558. The van der Waals surface area contributed by atoms with Crippen molar-refractivity contribution in [3.63, 3.8) is 0 Å². The maximum atomic E-state index is 13.2.